The van der Waals surface area contributed by atoms with E-state index in [1.54, 1.807) is 50.2 Å². The molecule has 8 nitrogen and oxygen atoms in total. The van der Waals surface area contributed by atoms with E-state index >= 15 is 0 Å². The third-order valence-corrected chi connectivity index (χ3v) is 6.72. The van der Waals surface area contributed by atoms with Crippen LogP contribution in [-0.2, 0) is 9.53 Å². The Morgan fingerprint density at radius 3 is 2.58 bits per heavy atom. The number of allylic oxidation sites excluding steroid dienone is 1. The van der Waals surface area contributed by atoms with Crippen LogP contribution < -0.4 is 29.1 Å². The maximum Gasteiger partial charge on any atom is 0.387 e. The van der Waals surface area contributed by atoms with Gasteiger partial charge in [0.05, 0.1) is 42.2 Å². The summed E-state index contributed by atoms with van der Waals surface area (Å²) in [6, 6.07) is 10.5. The maximum absolute atomic E-state index is 13.8. The second kappa shape index (κ2) is 11.6. The molecule has 2 aromatic carbocycles. The van der Waals surface area contributed by atoms with Gasteiger partial charge in [0.2, 0.25) is 0 Å². The van der Waals surface area contributed by atoms with Gasteiger partial charge in [-0.25, -0.2) is 9.79 Å². The van der Waals surface area contributed by atoms with Crippen molar-refractivity contribution in [1.82, 2.24) is 4.57 Å². The van der Waals surface area contributed by atoms with Crippen LogP contribution in [0.25, 0.3) is 6.08 Å². The van der Waals surface area contributed by atoms with Crippen LogP contribution >= 0.6 is 11.3 Å². The lowest BCUT2D eigenvalue weighted by Gasteiger charge is -2.25. The Balaban J connectivity index is 1.95. The Kier molecular flexibility index (Phi) is 8.26. The molecule has 0 bridgehead atoms. The van der Waals surface area contributed by atoms with Crippen LogP contribution in [0.15, 0.2) is 63.5 Å². The first-order valence-electron chi connectivity index (χ1n) is 11.8. The Morgan fingerprint density at radius 2 is 1.89 bits per heavy atom. The number of carbonyl (C=O) groups excluding carboxylic acids is 1. The van der Waals surface area contributed by atoms with Crippen molar-refractivity contribution >= 4 is 23.4 Å². The first-order chi connectivity index (χ1) is 18.3. The molecule has 38 heavy (non-hydrogen) atoms. The summed E-state index contributed by atoms with van der Waals surface area (Å²) < 4.78 is 48.5. The summed E-state index contributed by atoms with van der Waals surface area (Å²) >= 11 is 1.08. The van der Waals surface area contributed by atoms with Crippen molar-refractivity contribution in [2.45, 2.75) is 33.4 Å². The minimum absolute atomic E-state index is 0.0650. The van der Waals surface area contributed by atoms with E-state index < -0.39 is 24.2 Å². The van der Waals surface area contributed by atoms with E-state index in [9.17, 15) is 18.4 Å². The predicted octanol–water partition coefficient (Wildman–Crippen LogP) is 3.81. The van der Waals surface area contributed by atoms with Gasteiger partial charge < -0.3 is 18.9 Å². The van der Waals surface area contributed by atoms with Gasteiger partial charge in [-0.1, -0.05) is 35.6 Å². The van der Waals surface area contributed by atoms with E-state index in [0.29, 0.717) is 39.7 Å². The topological polar surface area (TPSA) is 88.4 Å². The van der Waals surface area contributed by atoms with E-state index in [2.05, 4.69) is 9.73 Å². The monoisotopic (exact) mass is 544 g/mol. The van der Waals surface area contributed by atoms with Crippen molar-refractivity contribution in [2.24, 2.45) is 4.99 Å². The lowest BCUT2D eigenvalue weighted by atomic mass is 9.95. The number of ether oxygens (including phenoxy) is 4. The van der Waals surface area contributed by atoms with E-state index in [1.165, 1.54) is 23.8 Å². The fraction of sp³-hybridized carbons (Fsp3) is 0.296. The van der Waals surface area contributed by atoms with Crippen LogP contribution in [0.3, 0.4) is 0 Å². The third-order valence-electron chi connectivity index (χ3n) is 5.74. The van der Waals surface area contributed by atoms with Crippen LogP contribution in [0.5, 0.6) is 17.2 Å². The zero-order valence-electron chi connectivity index (χ0n) is 21.2. The van der Waals surface area contributed by atoms with Gasteiger partial charge in [0.15, 0.2) is 16.3 Å². The molecule has 0 fully saturated rings. The fourth-order valence-corrected chi connectivity index (χ4v) is 5.22. The summed E-state index contributed by atoms with van der Waals surface area (Å²) in [5.41, 5.74) is 1.05. The minimum Gasteiger partial charge on any atom is -0.493 e. The van der Waals surface area contributed by atoms with Gasteiger partial charge in [-0.15, -0.1) is 0 Å². The largest absolute Gasteiger partial charge is 0.493 e. The van der Waals surface area contributed by atoms with E-state index in [-0.39, 0.29) is 22.5 Å². The maximum atomic E-state index is 13.8. The molecule has 1 atom stereocenters. The number of esters is 1. The van der Waals surface area contributed by atoms with Gasteiger partial charge in [0.25, 0.3) is 5.56 Å². The summed E-state index contributed by atoms with van der Waals surface area (Å²) in [6.45, 7) is 2.70. The number of thiazole rings is 1. The van der Waals surface area contributed by atoms with Crippen molar-refractivity contribution in [2.75, 3.05) is 20.3 Å². The molecule has 0 radical (unpaired) electrons. The summed E-state index contributed by atoms with van der Waals surface area (Å²) in [4.78, 5) is 31.7. The highest BCUT2D eigenvalue weighted by molar-refractivity contribution is 7.07. The molecule has 200 valence electrons. The van der Waals surface area contributed by atoms with E-state index in [4.69, 9.17) is 14.2 Å². The van der Waals surface area contributed by atoms with Gasteiger partial charge in [0.1, 0.15) is 5.75 Å². The zero-order chi connectivity index (χ0) is 27.4. The Labute approximate surface area is 221 Å². The first kappa shape index (κ1) is 27.1. The fourth-order valence-electron chi connectivity index (χ4n) is 4.18. The standard InChI is InChI=1S/C27H26F2N2O6S/c1-5-35-20-13-17(11-12-19(20)34-4)23-22(25(33)36-6-2)15(3)30-27-31(23)24(32)21(38-27)14-16-9-7-8-10-18(16)37-26(28)29/h7-14,23,26H,5-6H2,1-4H3/b21-14+/t23-/m0/s1. The number of rotatable bonds is 9. The highest BCUT2D eigenvalue weighted by atomic mass is 32.1. The number of para-hydroxylation sites is 1. The lowest BCUT2D eigenvalue weighted by Crippen LogP contribution is -2.40. The van der Waals surface area contributed by atoms with Crippen molar-refractivity contribution in [1.29, 1.82) is 0 Å². The highest BCUT2D eigenvalue weighted by Gasteiger charge is 2.34. The number of halogens is 2. The number of fused-ring (bicyclic) bond motifs is 1. The Morgan fingerprint density at radius 1 is 1.13 bits per heavy atom. The average Bonchev–Trinajstić information content (AvgIpc) is 3.18. The summed E-state index contributed by atoms with van der Waals surface area (Å²) in [6.07, 6.45) is 1.47. The van der Waals surface area contributed by atoms with Crippen LogP contribution in [0.4, 0.5) is 8.78 Å². The SMILES string of the molecule is CCOC(=O)C1=C(C)N=c2s/c(=C/c3ccccc3OC(F)F)c(=O)n2[C@H]1c1ccc(OC)c(OCC)c1. The van der Waals surface area contributed by atoms with Gasteiger partial charge in [-0.2, -0.15) is 8.78 Å². The van der Waals surface area contributed by atoms with Crippen LogP contribution in [0, 0.1) is 0 Å². The van der Waals surface area contributed by atoms with Gasteiger partial charge in [-0.05, 0) is 50.6 Å². The smallest absolute Gasteiger partial charge is 0.387 e. The van der Waals surface area contributed by atoms with Gasteiger partial charge >= 0.3 is 12.6 Å². The van der Waals surface area contributed by atoms with Gasteiger partial charge in [-0.3, -0.25) is 9.36 Å². The molecule has 0 saturated carbocycles. The molecule has 0 aliphatic carbocycles. The Bertz CT molecular complexity index is 1560. The molecule has 0 unspecified atom stereocenters. The minimum atomic E-state index is -3.02. The lowest BCUT2D eigenvalue weighted by molar-refractivity contribution is -0.139. The molecule has 0 spiro atoms. The number of benzene rings is 2. The molecule has 1 aliphatic heterocycles. The molecule has 2 heterocycles. The molecule has 4 rings (SSSR count). The molecule has 3 aromatic rings. The van der Waals surface area contributed by atoms with Crippen LogP contribution in [0.2, 0.25) is 0 Å². The van der Waals surface area contributed by atoms with Crippen molar-refractivity contribution in [3.8, 4) is 17.2 Å². The van der Waals surface area contributed by atoms with E-state index in [0.717, 1.165) is 11.3 Å². The molecule has 0 saturated heterocycles. The molecule has 1 aromatic heterocycles. The average molecular weight is 545 g/mol. The normalized spacial score (nSPS) is 15.2. The second-order valence-electron chi connectivity index (χ2n) is 8.06. The molecule has 11 heteroatoms. The highest BCUT2D eigenvalue weighted by Crippen LogP contribution is 2.36. The molecule has 1 aliphatic rings. The van der Waals surface area contributed by atoms with Crippen molar-refractivity contribution in [3.05, 3.63) is 84.5 Å². The number of methoxy groups -OCH3 is 1. The number of alkyl halides is 2. The predicted molar refractivity (Wildman–Crippen MR) is 138 cm³/mol. The second-order valence-corrected chi connectivity index (χ2v) is 9.07. The summed E-state index contributed by atoms with van der Waals surface area (Å²) in [5, 5.41) is 0. The summed E-state index contributed by atoms with van der Waals surface area (Å²) in [5.74, 6) is 0.282. The third kappa shape index (κ3) is 5.33. The number of carbonyl (C=O) groups is 1. The molecular formula is C27H26F2N2O6S. The summed E-state index contributed by atoms with van der Waals surface area (Å²) in [7, 11) is 1.52. The quantitative estimate of drug-likeness (QED) is 0.381. The number of hydrogen-bond acceptors (Lipinski definition) is 8. The van der Waals surface area contributed by atoms with Crippen molar-refractivity contribution in [3.63, 3.8) is 0 Å². The number of nitrogens with zero attached hydrogens (tertiary/aromatic N) is 2. The first-order valence-corrected chi connectivity index (χ1v) is 12.6. The van der Waals surface area contributed by atoms with Crippen LogP contribution in [-0.4, -0.2) is 37.5 Å². The van der Waals surface area contributed by atoms with Gasteiger partial charge in [0, 0.05) is 5.56 Å². The van der Waals surface area contributed by atoms with E-state index in [1.807, 2.05) is 6.92 Å². The number of hydrogen-bond donors (Lipinski definition) is 0. The molecular weight excluding hydrogens is 518 g/mol. The zero-order valence-corrected chi connectivity index (χ0v) is 22.0. The number of aromatic nitrogens is 1. The van der Waals surface area contributed by atoms with Crippen LogP contribution in [0.1, 0.15) is 37.9 Å². The molecule has 0 amide bonds. The van der Waals surface area contributed by atoms with Crippen molar-refractivity contribution < 1.29 is 32.5 Å². The Hall–Kier alpha value is -3.99. The molecule has 0 N–H and O–H groups in total.